The summed E-state index contributed by atoms with van der Waals surface area (Å²) in [4.78, 5) is 35.5. The summed E-state index contributed by atoms with van der Waals surface area (Å²) < 4.78 is 2.22. The van der Waals surface area contributed by atoms with Crippen LogP contribution in [0.3, 0.4) is 0 Å². The highest BCUT2D eigenvalue weighted by atomic mass is 32.2. The Hall–Kier alpha value is -3.50. The first-order chi connectivity index (χ1) is 14.8. The Kier molecular flexibility index (Phi) is 5.57. The zero-order valence-corrected chi connectivity index (χ0v) is 17.6. The summed E-state index contributed by atoms with van der Waals surface area (Å²) in [5.41, 5.74) is 2.66. The van der Waals surface area contributed by atoms with Gasteiger partial charge < -0.3 is 9.67 Å². The maximum absolute atomic E-state index is 12.6. The number of thioether (sulfide) groups is 1. The van der Waals surface area contributed by atoms with Crippen molar-refractivity contribution in [1.29, 1.82) is 0 Å². The third-order valence-corrected chi connectivity index (χ3v) is 6.15. The van der Waals surface area contributed by atoms with Gasteiger partial charge in [0.05, 0.1) is 9.83 Å². The summed E-state index contributed by atoms with van der Waals surface area (Å²) in [6.07, 6.45) is 3.62. The van der Waals surface area contributed by atoms with Gasteiger partial charge in [0.2, 0.25) is 0 Å². The number of nitrogens with zero attached hydrogens (tertiary/aromatic N) is 3. The number of nitro benzene ring substituents is 1. The Morgan fingerprint density at radius 1 is 1.19 bits per heavy atom. The molecule has 0 bridgehead atoms. The number of non-ortho nitro benzene ring substituents is 1. The lowest BCUT2D eigenvalue weighted by Gasteiger charge is -2.10. The smallest absolute Gasteiger partial charge is 0.323 e. The zero-order valence-electron chi connectivity index (χ0n) is 15.9. The number of carboxylic acid groups (broad SMARTS) is 1. The lowest BCUT2D eigenvalue weighted by Crippen LogP contribution is -2.33. The molecule has 0 aliphatic carbocycles. The highest BCUT2D eigenvalue weighted by Crippen LogP contribution is 2.34. The van der Waals surface area contributed by atoms with Gasteiger partial charge in [0.15, 0.2) is 0 Å². The highest BCUT2D eigenvalue weighted by Gasteiger charge is 2.33. The van der Waals surface area contributed by atoms with E-state index in [9.17, 15) is 19.7 Å². The Morgan fingerprint density at radius 3 is 2.58 bits per heavy atom. The molecule has 3 aromatic rings. The number of thiocarbonyl (C=S) groups is 1. The maximum Gasteiger partial charge on any atom is 0.323 e. The molecule has 156 valence electrons. The van der Waals surface area contributed by atoms with E-state index in [0.29, 0.717) is 11.4 Å². The highest BCUT2D eigenvalue weighted by molar-refractivity contribution is 8.26. The Labute approximate surface area is 185 Å². The molecule has 0 unspecified atom stereocenters. The van der Waals surface area contributed by atoms with E-state index in [0.717, 1.165) is 38.7 Å². The fourth-order valence-corrected chi connectivity index (χ4v) is 4.60. The molecule has 8 nitrogen and oxygen atoms in total. The maximum atomic E-state index is 12.6. The minimum atomic E-state index is -1.13. The van der Waals surface area contributed by atoms with Crippen LogP contribution >= 0.6 is 24.0 Å². The van der Waals surface area contributed by atoms with E-state index in [-0.39, 0.29) is 10.0 Å². The minimum absolute atomic E-state index is 0.0326. The van der Waals surface area contributed by atoms with Crippen molar-refractivity contribution in [2.75, 3.05) is 6.54 Å². The fourth-order valence-electron chi connectivity index (χ4n) is 3.35. The number of carbonyl (C=O) groups excluding carboxylic acids is 1. The van der Waals surface area contributed by atoms with Gasteiger partial charge in [-0.15, -0.1) is 0 Å². The molecule has 1 aliphatic rings. The second-order valence-electron chi connectivity index (χ2n) is 6.81. The fraction of sp³-hybridized carbons (Fsp3) is 0.0952. The predicted molar refractivity (Wildman–Crippen MR) is 122 cm³/mol. The number of aliphatic carboxylic acids is 1. The molecular weight excluding hydrogens is 438 g/mol. The lowest BCUT2D eigenvalue weighted by atomic mass is 10.1. The zero-order chi connectivity index (χ0) is 22.1. The number of benzene rings is 2. The van der Waals surface area contributed by atoms with Gasteiger partial charge in [-0.2, -0.15) is 0 Å². The number of nitro groups is 1. The van der Waals surface area contributed by atoms with Gasteiger partial charge >= 0.3 is 5.97 Å². The van der Waals surface area contributed by atoms with Gasteiger partial charge in [0.25, 0.3) is 11.6 Å². The average molecular weight is 454 g/mol. The molecule has 2 heterocycles. The van der Waals surface area contributed by atoms with E-state index >= 15 is 0 Å². The molecule has 1 saturated heterocycles. The van der Waals surface area contributed by atoms with Crippen molar-refractivity contribution in [3.05, 3.63) is 80.9 Å². The van der Waals surface area contributed by atoms with E-state index in [4.69, 9.17) is 17.3 Å². The van der Waals surface area contributed by atoms with Crippen molar-refractivity contribution in [2.45, 2.75) is 6.54 Å². The van der Waals surface area contributed by atoms with Crippen LogP contribution in [0.4, 0.5) is 5.69 Å². The molecule has 10 heteroatoms. The molecule has 0 saturated carbocycles. The standard InChI is InChI=1S/C21H15N3O5S2/c25-19(26)12-23-20(27)18(31-21(23)30)9-14-11-22(17-4-2-1-3-16(14)17)10-13-5-7-15(8-6-13)24(28)29/h1-9,11H,10,12H2,(H,25,26)/b18-9-. The van der Waals surface area contributed by atoms with E-state index in [1.54, 1.807) is 18.2 Å². The third kappa shape index (κ3) is 4.21. The molecule has 1 fully saturated rings. The van der Waals surface area contributed by atoms with Crippen molar-refractivity contribution < 1.29 is 19.6 Å². The van der Waals surface area contributed by atoms with Crippen molar-refractivity contribution in [3.8, 4) is 0 Å². The molecule has 2 aromatic carbocycles. The van der Waals surface area contributed by atoms with Crippen LogP contribution in [0.1, 0.15) is 11.1 Å². The van der Waals surface area contributed by atoms with Crippen LogP contribution in [0.25, 0.3) is 17.0 Å². The molecule has 31 heavy (non-hydrogen) atoms. The molecule has 0 radical (unpaired) electrons. The van der Waals surface area contributed by atoms with Gasteiger partial charge in [-0.3, -0.25) is 24.6 Å². The lowest BCUT2D eigenvalue weighted by molar-refractivity contribution is -0.384. The number of carbonyl (C=O) groups is 2. The first-order valence-electron chi connectivity index (χ1n) is 9.12. The van der Waals surface area contributed by atoms with Gasteiger partial charge in [0, 0.05) is 41.3 Å². The van der Waals surface area contributed by atoms with Gasteiger partial charge in [0.1, 0.15) is 10.9 Å². The van der Waals surface area contributed by atoms with Crippen LogP contribution in [0.15, 0.2) is 59.6 Å². The van der Waals surface area contributed by atoms with Crippen molar-refractivity contribution >= 4 is 62.8 Å². The van der Waals surface area contributed by atoms with Crippen molar-refractivity contribution in [1.82, 2.24) is 9.47 Å². The SMILES string of the molecule is O=C(O)CN1C(=O)/C(=C/c2cn(Cc3ccc([N+](=O)[O-])cc3)c3ccccc23)SC1=S. The number of hydrogen-bond acceptors (Lipinski definition) is 6. The largest absolute Gasteiger partial charge is 0.480 e. The number of hydrogen-bond donors (Lipinski definition) is 1. The molecule has 0 spiro atoms. The second-order valence-corrected chi connectivity index (χ2v) is 8.49. The van der Waals surface area contributed by atoms with Gasteiger partial charge in [-0.05, 0) is 17.7 Å². The van der Waals surface area contributed by atoms with E-state index < -0.39 is 23.3 Å². The molecule has 1 aliphatic heterocycles. The number of amides is 1. The summed E-state index contributed by atoms with van der Waals surface area (Å²) in [5.74, 6) is -1.55. The number of carboxylic acids is 1. The number of para-hydroxylation sites is 1. The normalized spacial score (nSPS) is 15.2. The monoisotopic (exact) mass is 453 g/mol. The summed E-state index contributed by atoms with van der Waals surface area (Å²) in [6, 6.07) is 14.0. The van der Waals surface area contributed by atoms with E-state index in [2.05, 4.69) is 0 Å². The minimum Gasteiger partial charge on any atom is -0.480 e. The molecule has 1 aromatic heterocycles. The predicted octanol–water partition coefficient (Wildman–Crippen LogP) is 3.88. The van der Waals surface area contributed by atoms with Crippen molar-refractivity contribution in [2.24, 2.45) is 0 Å². The summed E-state index contributed by atoms with van der Waals surface area (Å²) in [6.45, 7) is 0.0240. The summed E-state index contributed by atoms with van der Waals surface area (Å²) in [7, 11) is 0. The first-order valence-corrected chi connectivity index (χ1v) is 10.3. The van der Waals surface area contributed by atoms with Crippen LogP contribution in [-0.4, -0.2) is 42.2 Å². The van der Waals surface area contributed by atoms with Crippen LogP contribution in [0.2, 0.25) is 0 Å². The second kappa shape index (κ2) is 8.32. The van der Waals surface area contributed by atoms with Crippen LogP contribution in [0.5, 0.6) is 0 Å². The van der Waals surface area contributed by atoms with E-state index in [1.807, 2.05) is 35.0 Å². The quantitative estimate of drug-likeness (QED) is 0.261. The Balaban J connectivity index is 1.68. The molecule has 1 N–H and O–H groups in total. The topological polar surface area (TPSA) is 106 Å². The van der Waals surface area contributed by atoms with Gasteiger partial charge in [-0.25, -0.2) is 0 Å². The number of fused-ring (bicyclic) bond motifs is 1. The Morgan fingerprint density at radius 2 is 1.90 bits per heavy atom. The van der Waals surface area contributed by atoms with E-state index in [1.165, 1.54) is 12.1 Å². The van der Waals surface area contributed by atoms with Crippen LogP contribution < -0.4 is 0 Å². The molecule has 0 atom stereocenters. The number of rotatable bonds is 6. The third-order valence-electron chi connectivity index (χ3n) is 4.77. The van der Waals surface area contributed by atoms with Gasteiger partial charge in [-0.1, -0.05) is 54.3 Å². The first kappa shape index (κ1) is 20.8. The van der Waals surface area contributed by atoms with Crippen molar-refractivity contribution in [3.63, 3.8) is 0 Å². The van der Waals surface area contributed by atoms with Crippen LogP contribution in [-0.2, 0) is 16.1 Å². The molecule has 1 amide bonds. The Bertz CT molecular complexity index is 1260. The number of aromatic nitrogens is 1. The molecular formula is C21H15N3O5S2. The molecule has 4 rings (SSSR count). The average Bonchev–Trinajstić information content (AvgIpc) is 3.20. The summed E-state index contributed by atoms with van der Waals surface area (Å²) >= 11 is 6.23. The summed E-state index contributed by atoms with van der Waals surface area (Å²) in [5, 5.41) is 20.8. The van der Waals surface area contributed by atoms with Crippen LogP contribution in [0, 0.1) is 10.1 Å².